The van der Waals surface area contributed by atoms with E-state index in [1.165, 1.54) is 0 Å². The topological polar surface area (TPSA) is 73.0 Å². The molecule has 6 nitrogen and oxygen atoms in total. The summed E-state index contributed by atoms with van der Waals surface area (Å²) in [5.41, 5.74) is 2.89. The average Bonchev–Trinajstić information content (AvgIpc) is 3.33. The standard InChI is InChI=1S/C21H17ClN4O2/c1-14-23-10-11-26(14)13-15-6-2-5-9-18(15)24-21(27)20-12-19(25-28-20)16-7-3-4-8-17(16)22/h2-12H,13H2,1H3,(H,24,27). The van der Waals surface area contributed by atoms with Crippen molar-refractivity contribution >= 4 is 23.2 Å². The van der Waals surface area contributed by atoms with Crippen LogP contribution in [0.2, 0.25) is 5.02 Å². The summed E-state index contributed by atoms with van der Waals surface area (Å²) in [5.74, 6) is 0.643. The zero-order chi connectivity index (χ0) is 19.5. The molecule has 1 amide bonds. The molecular formula is C21H17ClN4O2. The monoisotopic (exact) mass is 392 g/mol. The Morgan fingerprint density at radius 1 is 1.18 bits per heavy atom. The normalized spacial score (nSPS) is 10.8. The summed E-state index contributed by atoms with van der Waals surface area (Å²) in [6.45, 7) is 2.54. The summed E-state index contributed by atoms with van der Waals surface area (Å²) >= 11 is 6.19. The molecule has 2 aromatic heterocycles. The van der Waals surface area contributed by atoms with Gasteiger partial charge in [0.1, 0.15) is 11.5 Å². The second-order valence-electron chi connectivity index (χ2n) is 6.27. The molecule has 0 radical (unpaired) electrons. The van der Waals surface area contributed by atoms with E-state index in [-0.39, 0.29) is 11.7 Å². The Morgan fingerprint density at radius 2 is 1.96 bits per heavy atom. The van der Waals surface area contributed by atoms with Crippen molar-refractivity contribution in [2.24, 2.45) is 0 Å². The fraction of sp³-hybridized carbons (Fsp3) is 0.0952. The van der Waals surface area contributed by atoms with Crippen molar-refractivity contribution < 1.29 is 9.32 Å². The molecule has 4 rings (SSSR count). The molecule has 0 aliphatic heterocycles. The van der Waals surface area contributed by atoms with Gasteiger partial charge in [-0.2, -0.15) is 0 Å². The molecular weight excluding hydrogens is 376 g/mol. The van der Waals surface area contributed by atoms with Crippen molar-refractivity contribution in [3.05, 3.63) is 89.2 Å². The molecule has 0 aliphatic carbocycles. The van der Waals surface area contributed by atoms with Gasteiger partial charge in [0.2, 0.25) is 5.76 Å². The second-order valence-corrected chi connectivity index (χ2v) is 6.68. The predicted octanol–water partition coefficient (Wildman–Crippen LogP) is 4.80. The first-order valence-electron chi connectivity index (χ1n) is 8.70. The first-order chi connectivity index (χ1) is 13.6. The number of hydrogen-bond donors (Lipinski definition) is 1. The Hall–Kier alpha value is -3.38. The lowest BCUT2D eigenvalue weighted by atomic mass is 10.1. The number of halogens is 1. The third-order valence-corrected chi connectivity index (χ3v) is 4.74. The quantitative estimate of drug-likeness (QED) is 0.529. The molecule has 0 spiro atoms. The first-order valence-corrected chi connectivity index (χ1v) is 9.08. The number of hydrogen-bond acceptors (Lipinski definition) is 4. The highest BCUT2D eigenvalue weighted by Crippen LogP contribution is 2.27. The molecule has 28 heavy (non-hydrogen) atoms. The molecule has 0 unspecified atom stereocenters. The number of aryl methyl sites for hydroxylation is 1. The van der Waals surface area contributed by atoms with Crippen LogP contribution in [0.15, 0.2) is 71.5 Å². The lowest BCUT2D eigenvalue weighted by Gasteiger charge is -2.11. The van der Waals surface area contributed by atoms with Crippen LogP contribution in [-0.2, 0) is 6.54 Å². The number of aromatic nitrogens is 3. The van der Waals surface area contributed by atoms with Crippen LogP contribution < -0.4 is 5.32 Å². The minimum Gasteiger partial charge on any atom is -0.350 e. The van der Waals surface area contributed by atoms with Crippen LogP contribution in [0.4, 0.5) is 5.69 Å². The fourth-order valence-electron chi connectivity index (χ4n) is 2.90. The number of imidazole rings is 1. The molecule has 4 aromatic rings. The van der Waals surface area contributed by atoms with Crippen molar-refractivity contribution in [3.63, 3.8) is 0 Å². The lowest BCUT2D eigenvalue weighted by molar-refractivity contribution is 0.0988. The summed E-state index contributed by atoms with van der Waals surface area (Å²) in [5, 5.41) is 7.42. The van der Waals surface area contributed by atoms with E-state index in [0.717, 1.165) is 11.4 Å². The molecule has 0 saturated carbocycles. The van der Waals surface area contributed by atoms with E-state index in [2.05, 4.69) is 15.5 Å². The number of anilines is 1. The van der Waals surface area contributed by atoms with Gasteiger partial charge in [-0.15, -0.1) is 0 Å². The van der Waals surface area contributed by atoms with Crippen LogP contribution in [0.25, 0.3) is 11.3 Å². The molecule has 0 bridgehead atoms. The Labute approximate surface area is 166 Å². The average molecular weight is 393 g/mol. The van der Waals surface area contributed by atoms with Crippen molar-refractivity contribution in [3.8, 4) is 11.3 Å². The highest BCUT2D eigenvalue weighted by Gasteiger charge is 2.17. The molecule has 0 saturated heterocycles. The summed E-state index contributed by atoms with van der Waals surface area (Å²) in [6.07, 6.45) is 3.65. The van der Waals surface area contributed by atoms with Crippen LogP contribution in [0.3, 0.4) is 0 Å². The third kappa shape index (κ3) is 3.68. The number of benzene rings is 2. The molecule has 0 aliphatic rings. The highest BCUT2D eigenvalue weighted by molar-refractivity contribution is 6.33. The molecule has 0 atom stereocenters. The fourth-order valence-corrected chi connectivity index (χ4v) is 3.13. The van der Waals surface area contributed by atoms with Gasteiger partial charge in [-0.1, -0.05) is 53.2 Å². The SMILES string of the molecule is Cc1nccn1Cc1ccccc1NC(=O)c1cc(-c2ccccc2Cl)no1. The van der Waals surface area contributed by atoms with Crippen molar-refractivity contribution in [1.29, 1.82) is 0 Å². The van der Waals surface area contributed by atoms with Crippen molar-refractivity contribution in [2.45, 2.75) is 13.5 Å². The number of para-hydroxylation sites is 1. The first kappa shape index (κ1) is 18.0. The van der Waals surface area contributed by atoms with Gasteiger partial charge in [0.05, 0.1) is 11.6 Å². The Morgan fingerprint density at radius 3 is 2.75 bits per heavy atom. The van der Waals surface area contributed by atoms with Gasteiger partial charge in [-0.05, 0) is 24.6 Å². The van der Waals surface area contributed by atoms with Gasteiger partial charge in [0.25, 0.3) is 5.91 Å². The van der Waals surface area contributed by atoms with Crippen LogP contribution in [0.5, 0.6) is 0 Å². The minimum absolute atomic E-state index is 0.114. The highest BCUT2D eigenvalue weighted by atomic mass is 35.5. The van der Waals surface area contributed by atoms with Gasteiger partial charge >= 0.3 is 0 Å². The number of nitrogens with zero attached hydrogens (tertiary/aromatic N) is 3. The number of amides is 1. The molecule has 140 valence electrons. The minimum atomic E-state index is -0.374. The van der Waals surface area contributed by atoms with Gasteiger partial charge in [0, 0.05) is 29.7 Å². The van der Waals surface area contributed by atoms with E-state index in [9.17, 15) is 4.79 Å². The predicted molar refractivity (Wildman–Crippen MR) is 107 cm³/mol. The number of carbonyl (C=O) groups excluding carboxylic acids is 1. The Balaban J connectivity index is 1.55. The smallest absolute Gasteiger partial charge is 0.294 e. The molecule has 2 heterocycles. The zero-order valence-corrected chi connectivity index (χ0v) is 15.8. The van der Waals surface area contributed by atoms with Crippen LogP contribution in [-0.4, -0.2) is 20.6 Å². The Kier molecular flexibility index (Phi) is 4.95. The number of rotatable bonds is 5. The zero-order valence-electron chi connectivity index (χ0n) is 15.1. The summed E-state index contributed by atoms with van der Waals surface area (Å²) in [7, 11) is 0. The van der Waals surface area contributed by atoms with Crippen LogP contribution in [0, 0.1) is 6.92 Å². The largest absolute Gasteiger partial charge is 0.350 e. The number of carbonyl (C=O) groups is 1. The van der Waals surface area contributed by atoms with E-state index in [4.69, 9.17) is 16.1 Å². The van der Waals surface area contributed by atoms with Gasteiger partial charge in [0.15, 0.2) is 0 Å². The number of nitrogens with one attached hydrogen (secondary N) is 1. The van der Waals surface area contributed by atoms with E-state index in [0.29, 0.717) is 28.5 Å². The van der Waals surface area contributed by atoms with E-state index >= 15 is 0 Å². The van der Waals surface area contributed by atoms with E-state index in [1.54, 1.807) is 18.3 Å². The maximum absolute atomic E-state index is 12.7. The second kappa shape index (κ2) is 7.70. The summed E-state index contributed by atoms with van der Waals surface area (Å²) < 4.78 is 7.25. The van der Waals surface area contributed by atoms with Crippen LogP contribution >= 0.6 is 11.6 Å². The molecule has 2 aromatic carbocycles. The molecule has 1 N–H and O–H groups in total. The summed E-state index contributed by atoms with van der Waals surface area (Å²) in [6, 6.07) is 16.5. The van der Waals surface area contributed by atoms with Gasteiger partial charge in [-0.25, -0.2) is 4.98 Å². The molecule has 0 fully saturated rings. The summed E-state index contributed by atoms with van der Waals surface area (Å²) in [4.78, 5) is 16.9. The van der Waals surface area contributed by atoms with Gasteiger partial charge in [-0.3, -0.25) is 4.79 Å². The lowest BCUT2D eigenvalue weighted by Crippen LogP contribution is -2.13. The van der Waals surface area contributed by atoms with Gasteiger partial charge < -0.3 is 14.4 Å². The van der Waals surface area contributed by atoms with Crippen molar-refractivity contribution in [1.82, 2.24) is 14.7 Å². The van der Waals surface area contributed by atoms with E-state index < -0.39 is 0 Å². The van der Waals surface area contributed by atoms with Crippen LogP contribution in [0.1, 0.15) is 21.9 Å². The maximum atomic E-state index is 12.7. The molecule has 7 heteroatoms. The van der Waals surface area contributed by atoms with Crippen molar-refractivity contribution in [2.75, 3.05) is 5.32 Å². The maximum Gasteiger partial charge on any atom is 0.294 e. The third-order valence-electron chi connectivity index (χ3n) is 4.41. The Bertz CT molecular complexity index is 1130. The van der Waals surface area contributed by atoms with E-state index in [1.807, 2.05) is 60.2 Å².